The van der Waals surface area contributed by atoms with Gasteiger partial charge in [-0.1, -0.05) is 25.1 Å². The summed E-state index contributed by atoms with van der Waals surface area (Å²) < 4.78 is 7.33. The lowest BCUT2D eigenvalue weighted by Crippen LogP contribution is -2.09. The van der Waals surface area contributed by atoms with Gasteiger partial charge in [-0.25, -0.2) is 4.98 Å². The molecule has 0 aliphatic heterocycles. The normalized spacial score (nSPS) is 10.8. The Hall–Kier alpha value is -1.81. The highest BCUT2D eigenvalue weighted by atomic mass is 16.5. The maximum Gasteiger partial charge on any atom is 0.207 e. The Morgan fingerprint density at radius 1 is 1.30 bits per heavy atom. The minimum atomic E-state index is 0.725. The van der Waals surface area contributed by atoms with E-state index in [0.717, 1.165) is 37.6 Å². The highest BCUT2D eigenvalue weighted by molar-refractivity contribution is 5.48. The summed E-state index contributed by atoms with van der Waals surface area (Å²) in [6, 6.07) is 8.40. The van der Waals surface area contributed by atoms with Crippen molar-refractivity contribution in [3.05, 3.63) is 41.7 Å². The van der Waals surface area contributed by atoms with Crippen molar-refractivity contribution in [2.45, 2.75) is 26.7 Å². The number of aryl methyl sites for hydroxylation is 1. The van der Waals surface area contributed by atoms with Crippen LogP contribution in [-0.2, 0) is 11.2 Å². The highest BCUT2D eigenvalue weighted by Crippen LogP contribution is 2.21. The molecular formula is C16H23N3O. The predicted octanol–water partition coefficient (Wildman–Crippen LogP) is 3.19. The van der Waals surface area contributed by atoms with Gasteiger partial charge in [-0.2, -0.15) is 0 Å². The van der Waals surface area contributed by atoms with Crippen LogP contribution < -0.4 is 5.32 Å². The number of anilines is 1. The SMILES string of the molecule is CCCNc1nc(C)cn1-c1ccccc1CCOC. The van der Waals surface area contributed by atoms with E-state index in [1.165, 1.54) is 11.3 Å². The van der Waals surface area contributed by atoms with Crippen molar-refractivity contribution in [3.63, 3.8) is 0 Å². The van der Waals surface area contributed by atoms with E-state index >= 15 is 0 Å². The molecule has 1 N–H and O–H groups in total. The average molecular weight is 273 g/mol. The van der Waals surface area contributed by atoms with E-state index in [4.69, 9.17) is 4.74 Å². The van der Waals surface area contributed by atoms with Crippen LogP contribution >= 0.6 is 0 Å². The molecule has 0 radical (unpaired) electrons. The molecule has 0 bridgehead atoms. The van der Waals surface area contributed by atoms with Crippen LogP contribution in [0.1, 0.15) is 24.6 Å². The van der Waals surface area contributed by atoms with Crippen LogP contribution in [0.5, 0.6) is 0 Å². The second-order valence-electron chi connectivity index (χ2n) is 4.87. The van der Waals surface area contributed by atoms with Crippen LogP contribution in [0.4, 0.5) is 5.95 Å². The molecule has 0 aliphatic carbocycles. The third kappa shape index (κ3) is 3.39. The molecule has 1 aromatic carbocycles. The van der Waals surface area contributed by atoms with Crippen LogP contribution in [0.2, 0.25) is 0 Å². The summed E-state index contributed by atoms with van der Waals surface area (Å²) in [4.78, 5) is 4.57. The van der Waals surface area contributed by atoms with Gasteiger partial charge in [0.15, 0.2) is 0 Å². The van der Waals surface area contributed by atoms with Gasteiger partial charge in [0.05, 0.1) is 18.0 Å². The van der Waals surface area contributed by atoms with E-state index in [1.807, 2.05) is 6.92 Å². The summed E-state index contributed by atoms with van der Waals surface area (Å²) in [7, 11) is 1.73. The topological polar surface area (TPSA) is 39.1 Å². The summed E-state index contributed by atoms with van der Waals surface area (Å²) in [6.45, 7) is 5.82. The maximum atomic E-state index is 5.20. The molecule has 0 unspecified atom stereocenters. The van der Waals surface area contributed by atoms with Crippen LogP contribution in [-0.4, -0.2) is 29.8 Å². The Balaban J connectivity index is 2.35. The number of nitrogens with zero attached hydrogens (tertiary/aromatic N) is 2. The molecule has 0 amide bonds. The minimum Gasteiger partial charge on any atom is -0.384 e. The van der Waals surface area contributed by atoms with Gasteiger partial charge in [0, 0.05) is 19.9 Å². The van der Waals surface area contributed by atoms with Gasteiger partial charge in [-0.05, 0) is 31.4 Å². The van der Waals surface area contributed by atoms with Gasteiger partial charge in [0.25, 0.3) is 0 Å². The molecule has 0 atom stereocenters. The van der Waals surface area contributed by atoms with Gasteiger partial charge in [0.2, 0.25) is 5.95 Å². The number of hydrogen-bond acceptors (Lipinski definition) is 3. The zero-order chi connectivity index (χ0) is 14.4. The molecule has 0 fully saturated rings. The van der Waals surface area contributed by atoms with Crippen molar-refractivity contribution in [3.8, 4) is 5.69 Å². The predicted molar refractivity (Wildman–Crippen MR) is 82.7 cm³/mol. The number of nitrogens with one attached hydrogen (secondary N) is 1. The molecule has 108 valence electrons. The molecule has 4 nitrogen and oxygen atoms in total. The van der Waals surface area contributed by atoms with Gasteiger partial charge in [-0.3, -0.25) is 4.57 Å². The zero-order valence-electron chi connectivity index (χ0n) is 12.5. The lowest BCUT2D eigenvalue weighted by atomic mass is 10.1. The van der Waals surface area contributed by atoms with Crippen molar-refractivity contribution in [1.29, 1.82) is 0 Å². The number of methoxy groups -OCH3 is 1. The Morgan fingerprint density at radius 3 is 2.85 bits per heavy atom. The molecule has 20 heavy (non-hydrogen) atoms. The summed E-state index contributed by atoms with van der Waals surface area (Å²) in [5.74, 6) is 0.911. The van der Waals surface area contributed by atoms with Crippen LogP contribution in [0.3, 0.4) is 0 Å². The fourth-order valence-electron chi connectivity index (χ4n) is 2.21. The lowest BCUT2D eigenvalue weighted by molar-refractivity contribution is 0.202. The summed E-state index contributed by atoms with van der Waals surface area (Å²) >= 11 is 0. The smallest absolute Gasteiger partial charge is 0.207 e. The standard InChI is InChI=1S/C16H23N3O/c1-4-10-17-16-18-13(2)12-19(16)15-8-6-5-7-14(15)9-11-20-3/h5-8,12H,4,9-11H2,1-3H3,(H,17,18). The first-order valence-corrected chi connectivity index (χ1v) is 7.13. The second kappa shape index (κ2) is 7.10. The van der Waals surface area contributed by atoms with Gasteiger partial charge in [-0.15, -0.1) is 0 Å². The van der Waals surface area contributed by atoms with Crippen molar-refractivity contribution >= 4 is 5.95 Å². The fraction of sp³-hybridized carbons (Fsp3) is 0.438. The number of ether oxygens (including phenoxy) is 1. The molecule has 1 heterocycles. The molecule has 0 saturated carbocycles. The number of rotatable bonds is 7. The first kappa shape index (κ1) is 14.6. The van der Waals surface area contributed by atoms with E-state index in [9.17, 15) is 0 Å². The summed E-state index contributed by atoms with van der Waals surface area (Å²) in [5, 5.41) is 3.39. The average Bonchev–Trinajstić information content (AvgIpc) is 2.84. The van der Waals surface area contributed by atoms with E-state index < -0.39 is 0 Å². The number of aromatic nitrogens is 2. The van der Waals surface area contributed by atoms with Crippen molar-refractivity contribution < 1.29 is 4.74 Å². The monoisotopic (exact) mass is 273 g/mol. The molecule has 0 saturated heterocycles. The second-order valence-corrected chi connectivity index (χ2v) is 4.87. The number of para-hydroxylation sites is 1. The maximum absolute atomic E-state index is 5.20. The largest absolute Gasteiger partial charge is 0.384 e. The molecule has 1 aromatic heterocycles. The van der Waals surface area contributed by atoms with Crippen molar-refractivity contribution in [2.24, 2.45) is 0 Å². The fourth-order valence-corrected chi connectivity index (χ4v) is 2.21. The third-order valence-electron chi connectivity index (χ3n) is 3.19. The van der Waals surface area contributed by atoms with Crippen molar-refractivity contribution in [2.75, 3.05) is 25.6 Å². The lowest BCUT2D eigenvalue weighted by Gasteiger charge is -2.13. The molecule has 2 rings (SSSR count). The minimum absolute atomic E-state index is 0.725. The van der Waals surface area contributed by atoms with E-state index in [1.54, 1.807) is 7.11 Å². The number of hydrogen-bond donors (Lipinski definition) is 1. The Bertz CT molecular complexity index is 548. The Kier molecular flexibility index (Phi) is 5.18. The van der Waals surface area contributed by atoms with Gasteiger partial charge < -0.3 is 10.1 Å². The molecule has 0 aliphatic rings. The molecule has 2 aromatic rings. The number of benzene rings is 1. The Morgan fingerprint density at radius 2 is 2.10 bits per heavy atom. The first-order valence-electron chi connectivity index (χ1n) is 7.13. The quantitative estimate of drug-likeness (QED) is 0.842. The van der Waals surface area contributed by atoms with Crippen LogP contribution in [0.25, 0.3) is 5.69 Å². The van der Waals surface area contributed by atoms with Crippen LogP contribution in [0.15, 0.2) is 30.5 Å². The Labute approximate surface area is 120 Å². The third-order valence-corrected chi connectivity index (χ3v) is 3.19. The summed E-state index contributed by atoms with van der Waals surface area (Å²) in [5.41, 5.74) is 3.46. The van der Waals surface area contributed by atoms with Crippen LogP contribution in [0, 0.1) is 6.92 Å². The highest BCUT2D eigenvalue weighted by Gasteiger charge is 2.10. The molecular weight excluding hydrogens is 250 g/mol. The molecule has 0 spiro atoms. The van der Waals surface area contributed by atoms with E-state index in [-0.39, 0.29) is 0 Å². The van der Waals surface area contributed by atoms with E-state index in [0.29, 0.717) is 0 Å². The molecule has 4 heteroatoms. The van der Waals surface area contributed by atoms with Gasteiger partial charge >= 0.3 is 0 Å². The van der Waals surface area contributed by atoms with Crippen molar-refractivity contribution in [1.82, 2.24) is 9.55 Å². The number of imidazole rings is 1. The van der Waals surface area contributed by atoms with Gasteiger partial charge in [0.1, 0.15) is 0 Å². The zero-order valence-corrected chi connectivity index (χ0v) is 12.5. The van der Waals surface area contributed by atoms with E-state index in [2.05, 4.69) is 52.3 Å². The summed E-state index contributed by atoms with van der Waals surface area (Å²) in [6.07, 6.45) is 4.05. The first-order chi connectivity index (χ1) is 9.76.